The maximum absolute atomic E-state index is 13.5. The summed E-state index contributed by atoms with van der Waals surface area (Å²) in [5.74, 6) is -0.662. The standard InChI is InChI=1S/C17H16F2N4O/c1-11-21-15-4-2-3-5-16(15)23(11)9-8-20-17(24)22-14-7-6-12(18)10-13(14)19/h2-7,10H,8-9H2,1H3,(H2,20,22,24). The van der Waals surface area contributed by atoms with Gasteiger partial charge in [0.25, 0.3) is 0 Å². The van der Waals surface area contributed by atoms with E-state index in [9.17, 15) is 13.6 Å². The Hall–Kier alpha value is -2.96. The highest BCUT2D eigenvalue weighted by Gasteiger charge is 2.09. The number of hydrogen-bond donors (Lipinski definition) is 2. The molecule has 0 bridgehead atoms. The van der Waals surface area contributed by atoms with Crippen LogP contribution in [0, 0.1) is 18.6 Å². The molecule has 2 amide bonds. The van der Waals surface area contributed by atoms with Crippen LogP contribution >= 0.6 is 0 Å². The summed E-state index contributed by atoms with van der Waals surface area (Å²) < 4.78 is 28.3. The van der Waals surface area contributed by atoms with Gasteiger partial charge in [-0.25, -0.2) is 18.6 Å². The van der Waals surface area contributed by atoms with Crippen molar-refractivity contribution in [2.75, 3.05) is 11.9 Å². The number of benzene rings is 2. The maximum atomic E-state index is 13.5. The van der Waals surface area contributed by atoms with Crippen molar-refractivity contribution < 1.29 is 13.6 Å². The number of aromatic nitrogens is 2. The molecule has 1 heterocycles. The van der Waals surface area contributed by atoms with Gasteiger partial charge >= 0.3 is 6.03 Å². The Labute approximate surface area is 137 Å². The van der Waals surface area contributed by atoms with Crippen LogP contribution in [-0.4, -0.2) is 22.1 Å². The normalized spacial score (nSPS) is 10.8. The Kier molecular flexibility index (Phi) is 4.41. The number of amides is 2. The summed E-state index contributed by atoms with van der Waals surface area (Å²) in [7, 11) is 0. The third kappa shape index (κ3) is 3.34. The molecule has 0 aliphatic heterocycles. The second-order valence-corrected chi connectivity index (χ2v) is 5.30. The fraction of sp³-hybridized carbons (Fsp3) is 0.176. The molecule has 1 aromatic heterocycles. The molecule has 0 spiro atoms. The van der Waals surface area contributed by atoms with Crippen LogP contribution < -0.4 is 10.6 Å². The Balaban J connectivity index is 1.59. The number of nitrogens with zero attached hydrogens (tertiary/aromatic N) is 2. The zero-order valence-electron chi connectivity index (χ0n) is 13.0. The minimum absolute atomic E-state index is 0.0711. The molecule has 0 fully saturated rings. The van der Waals surface area contributed by atoms with Crippen molar-refractivity contribution in [3.63, 3.8) is 0 Å². The first-order chi connectivity index (χ1) is 11.5. The zero-order valence-corrected chi connectivity index (χ0v) is 13.0. The van der Waals surface area contributed by atoms with Crippen molar-refractivity contribution in [2.24, 2.45) is 0 Å². The van der Waals surface area contributed by atoms with E-state index in [2.05, 4.69) is 15.6 Å². The van der Waals surface area contributed by atoms with Crippen LogP contribution in [0.15, 0.2) is 42.5 Å². The van der Waals surface area contributed by atoms with Crippen LogP contribution in [0.25, 0.3) is 11.0 Å². The lowest BCUT2D eigenvalue weighted by molar-refractivity contribution is 0.251. The molecule has 24 heavy (non-hydrogen) atoms. The molecule has 0 atom stereocenters. The number of imidazole rings is 1. The van der Waals surface area contributed by atoms with Crippen LogP contribution in [0.2, 0.25) is 0 Å². The smallest absolute Gasteiger partial charge is 0.319 e. The summed E-state index contributed by atoms with van der Waals surface area (Å²) in [6, 6.07) is 10.2. The number of carbonyl (C=O) groups excluding carboxylic acids is 1. The minimum Gasteiger partial charge on any atom is -0.336 e. The number of fused-ring (bicyclic) bond motifs is 1. The summed E-state index contributed by atoms with van der Waals surface area (Å²) in [5, 5.41) is 5.00. The van der Waals surface area contributed by atoms with Crippen molar-refractivity contribution in [1.29, 1.82) is 0 Å². The summed E-state index contributed by atoms with van der Waals surface area (Å²) in [6.45, 7) is 2.77. The quantitative estimate of drug-likeness (QED) is 0.770. The van der Waals surface area contributed by atoms with E-state index in [1.807, 2.05) is 35.8 Å². The predicted molar refractivity (Wildman–Crippen MR) is 87.8 cm³/mol. The summed E-state index contributed by atoms with van der Waals surface area (Å²) in [6.07, 6.45) is 0. The molecule has 7 heteroatoms. The van der Waals surface area contributed by atoms with Gasteiger partial charge in [-0.1, -0.05) is 12.1 Å². The molecule has 0 unspecified atom stereocenters. The monoisotopic (exact) mass is 330 g/mol. The highest BCUT2D eigenvalue weighted by Crippen LogP contribution is 2.16. The number of halogens is 2. The van der Waals surface area contributed by atoms with Crippen LogP contribution in [-0.2, 0) is 6.54 Å². The molecule has 0 saturated heterocycles. The van der Waals surface area contributed by atoms with E-state index in [4.69, 9.17) is 0 Å². The van der Waals surface area contributed by atoms with Gasteiger partial charge < -0.3 is 15.2 Å². The molecular formula is C17H16F2N4O. The number of urea groups is 1. The Bertz CT molecular complexity index is 891. The van der Waals surface area contributed by atoms with Crippen LogP contribution in [0.3, 0.4) is 0 Å². The number of aryl methyl sites for hydroxylation is 1. The van der Waals surface area contributed by atoms with Crippen molar-refractivity contribution in [1.82, 2.24) is 14.9 Å². The van der Waals surface area contributed by atoms with Gasteiger partial charge in [0, 0.05) is 19.2 Å². The summed E-state index contributed by atoms with van der Waals surface area (Å²) in [4.78, 5) is 16.3. The molecule has 3 rings (SSSR count). The van der Waals surface area contributed by atoms with E-state index in [0.29, 0.717) is 13.1 Å². The van der Waals surface area contributed by atoms with Gasteiger partial charge in [0.15, 0.2) is 0 Å². The molecular weight excluding hydrogens is 314 g/mol. The van der Waals surface area contributed by atoms with E-state index in [1.54, 1.807) is 0 Å². The van der Waals surface area contributed by atoms with Gasteiger partial charge in [-0.05, 0) is 31.2 Å². The average Bonchev–Trinajstić information content (AvgIpc) is 2.86. The SMILES string of the molecule is Cc1nc2ccccc2n1CCNC(=O)Nc1ccc(F)cc1F. The van der Waals surface area contributed by atoms with Crippen LogP contribution in [0.5, 0.6) is 0 Å². The molecule has 5 nitrogen and oxygen atoms in total. The van der Waals surface area contributed by atoms with Gasteiger partial charge in [-0.3, -0.25) is 0 Å². The summed E-state index contributed by atoms with van der Waals surface area (Å²) >= 11 is 0. The van der Waals surface area contributed by atoms with Gasteiger partial charge in [0.2, 0.25) is 0 Å². The first-order valence-electron chi connectivity index (χ1n) is 7.46. The van der Waals surface area contributed by atoms with E-state index >= 15 is 0 Å². The second-order valence-electron chi connectivity index (χ2n) is 5.30. The third-order valence-corrected chi connectivity index (χ3v) is 3.65. The van der Waals surface area contributed by atoms with E-state index < -0.39 is 17.7 Å². The fourth-order valence-corrected chi connectivity index (χ4v) is 2.52. The lowest BCUT2D eigenvalue weighted by Crippen LogP contribution is -2.32. The zero-order chi connectivity index (χ0) is 17.1. The topological polar surface area (TPSA) is 59.0 Å². The van der Waals surface area contributed by atoms with Crippen LogP contribution in [0.1, 0.15) is 5.82 Å². The highest BCUT2D eigenvalue weighted by atomic mass is 19.1. The number of hydrogen-bond acceptors (Lipinski definition) is 2. The van der Waals surface area contributed by atoms with E-state index in [0.717, 1.165) is 29.0 Å². The first kappa shape index (κ1) is 15.9. The lowest BCUT2D eigenvalue weighted by atomic mass is 10.3. The number of rotatable bonds is 4. The lowest BCUT2D eigenvalue weighted by Gasteiger charge is -2.10. The second kappa shape index (κ2) is 6.66. The molecule has 2 N–H and O–H groups in total. The number of carbonyl (C=O) groups is 1. The van der Waals surface area contributed by atoms with Gasteiger partial charge in [0.1, 0.15) is 17.5 Å². The van der Waals surface area contributed by atoms with Gasteiger partial charge in [-0.15, -0.1) is 0 Å². The van der Waals surface area contributed by atoms with Crippen LogP contribution in [0.4, 0.5) is 19.3 Å². The number of para-hydroxylation sites is 2. The molecule has 2 aromatic carbocycles. The number of anilines is 1. The molecule has 0 aliphatic rings. The molecule has 0 aliphatic carbocycles. The van der Waals surface area contributed by atoms with Crippen molar-refractivity contribution in [3.8, 4) is 0 Å². The number of nitrogens with one attached hydrogen (secondary N) is 2. The first-order valence-corrected chi connectivity index (χ1v) is 7.46. The van der Waals surface area contributed by atoms with E-state index in [1.165, 1.54) is 6.07 Å². The van der Waals surface area contributed by atoms with Crippen molar-refractivity contribution in [2.45, 2.75) is 13.5 Å². The molecule has 124 valence electrons. The molecule has 3 aromatic rings. The Morgan fingerprint density at radius 1 is 1.21 bits per heavy atom. The Morgan fingerprint density at radius 3 is 2.79 bits per heavy atom. The molecule has 0 radical (unpaired) electrons. The third-order valence-electron chi connectivity index (χ3n) is 3.65. The molecule has 0 saturated carbocycles. The maximum Gasteiger partial charge on any atom is 0.319 e. The summed E-state index contributed by atoms with van der Waals surface area (Å²) in [5.41, 5.74) is 1.81. The predicted octanol–water partition coefficient (Wildman–Crippen LogP) is 3.44. The van der Waals surface area contributed by atoms with Gasteiger partial charge in [0.05, 0.1) is 16.7 Å². The van der Waals surface area contributed by atoms with Crippen molar-refractivity contribution in [3.05, 3.63) is 59.9 Å². The largest absolute Gasteiger partial charge is 0.336 e. The van der Waals surface area contributed by atoms with Gasteiger partial charge in [-0.2, -0.15) is 0 Å². The van der Waals surface area contributed by atoms with Crippen molar-refractivity contribution >= 4 is 22.8 Å². The highest BCUT2D eigenvalue weighted by molar-refractivity contribution is 5.89. The van der Waals surface area contributed by atoms with E-state index in [-0.39, 0.29) is 5.69 Å². The average molecular weight is 330 g/mol. The minimum atomic E-state index is -0.818. The fourth-order valence-electron chi connectivity index (χ4n) is 2.52. The Morgan fingerprint density at radius 2 is 2.00 bits per heavy atom.